The molecule has 196 valence electrons. The summed E-state index contributed by atoms with van der Waals surface area (Å²) in [6, 6.07) is 22.3. The third kappa shape index (κ3) is 8.31. The Morgan fingerprint density at radius 1 is 0.973 bits per heavy atom. The second kappa shape index (κ2) is 13.1. The third-order valence-electron chi connectivity index (χ3n) is 5.64. The number of halogens is 2. The smallest absolute Gasteiger partial charge is 0.244 e. The molecule has 3 rings (SSSR count). The van der Waals surface area contributed by atoms with Gasteiger partial charge in [-0.25, -0.2) is 8.42 Å². The molecule has 2 amide bonds. The van der Waals surface area contributed by atoms with E-state index in [1.165, 1.54) is 11.0 Å². The molecule has 0 bridgehead atoms. The molecular formula is C27H29BrClN3O4S. The van der Waals surface area contributed by atoms with Crippen LogP contribution < -0.4 is 9.62 Å². The standard InChI is InChI=1S/C27H29BrClN3O4S/c1-3-30-27(34)25(16-20-9-5-4-6-10-20)31(18-21-11-7-12-22(28)15-21)26(33)19-32(37(2,35)36)24-14-8-13-23(29)17-24/h4-15,17,25H,3,16,18-19H2,1-2H3,(H,30,34)/t25-/m1/s1. The normalized spacial score (nSPS) is 12.0. The zero-order valence-corrected chi connectivity index (χ0v) is 23.8. The number of nitrogens with one attached hydrogen (secondary N) is 1. The molecule has 0 aliphatic heterocycles. The second-order valence-electron chi connectivity index (χ2n) is 8.50. The number of benzene rings is 3. The van der Waals surface area contributed by atoms with Crippen molar-refractivity contribution in [3.8, 4) is 0 Å². The van der Waals surface area contributed by atoms with E-state index in [0.29, 0.717) is 11.6 Å². The Morgan fingerprint density at radius 2 is 1.65 bits per heavy atom. The van der Waals surface area contributed by atoms with Gasteiger partial charge in [0.05, 0.1) is 11.9 Å². The van der Waals surface area contributed by atoms with Crippen molar-refractivity contribution in [1.29, 1.82) is 0 Å². The van der Waals surface area contributed by atoms with Crippen molar-refractivity contribution in [2.45, 2.75) is 25.9 Å². The van der Waals surface area contributed by atoms with E-state index >= 15 is 0 Å². The molecule has 0 saturated heterocycles. The van der Waals surface area contributed by atoms with E-state index in [1.807, 2.05) is 61.5 Å². The van der Waals surface area contributed by atoms with Gasteiger partial charge in [0.1, 0.15) is 12.6 Å². The number of amides is 2. The topological polar surface area (TPSA) is 86.8 Å². The highest BCUT2D eigenvalue weighted by atomic mass is 79.9. The minimum Gasteiger partial charge on any atom is -0.355 e. The van der Waals surface area contributed by atoms with Gasteiger partial charge in [0.2, 0.25) is 21.8 Å². The zero-order chi connectivity index (χ0) is 27.0. The first-order valence-corrected chi connectivity index (χ1v) is 14.7. The number of hydrogen-bond donors (Lipinski definition) is 1. The van der Waals surface area contributed by atoms with Crippen LogP contribution in [0.2, 0.25) is 5.02 Å². The maximum absolute atomic E-state index is 13.9. The summed E-state index contributed by atoms with van der Waals surface area (Å²) in [6.45, 7) is 1.82. The van der Waals surface area contributed by atoms with Gasteiger partial charge in [-0.15, -0.1) is 0 Å². The van der Waals surface area contributed by atoms with Gasteiger partial charge in [0.25, 0.3) is 0 Å². The van der Waals surface area contributed by atoms with Gasteiger partial charge in [-0.3, -0.25) is 13.9 Å². The number of carbonyl (C=O) groups is 2. The van der Waals surface area contributed by atoms with E-state index in [4.69, 9.17) is 11.6 Å². The largest absolute Gasteiger partial charge is 0.355 e. The predicted octanol–water partition coefficient (Wildman–Crippen LogP) is 4.64. The minimum absolute atomic E-state index is 0.111. The predicted molar refractivity (Wildman–Crippen MR) is 151 cm³/mol. The molecule has 1 atom stereocenters. The first kappa shape index (κ1) is 28.7. The Kier molecular flexibility index (Phi) is 10.1. The van der Waals surface area contributed by atoms with Crippen LogP contribution in [0.1, 0.15) is 18.1 Å². The fourth-order valence-electron chi connectivity index (χ4n) is 3.92. The van der Waals surface area contributed by atoms with Crippen LogP contribution in [0.15, 0.2) is 83.3 Å². The van der Waals surface area contributed by atoms with E-state index in [-0.39, 0.29) is 24.6 Å². The number of sulfonamides is 1. The van der Waals surface area contributed by atoms with E-state index in [9.17, 15) is 18.0 Å². The van der Waals surface area contributed by atoms with Gasteiger partial charge >= 0.3 is 0 Å². The molecule has 0 aromatic heterocycles. The summed E-state index contributed by atoms with van der Waals surface area (Å²) < 4.78 is 27.3. The van der Waals surface area contributed by atoms with Crippen molar-refractivity contribution in [2.75, 3.05) is 23.7 Å². The summed E-state index contributed by atoms with van der Waals surface area (Å²) in [6.07, 6.45) is 1.30. The number of hydrogen-bond acceptors (Lipinski definition) is 4. The van der Waals surface area contributed by atoms with Crippen LogP contribution in [0.25, 0.3) is 0 Å². The molecule has 0 unspecified atom stereocenters. The maximum Gasteiger partial charge on any atom is 0.244 e. The number of nitrogens with zero attached hydrogens (tertiary/aromatic N) is 2. The molecule has 0 aliphatic rings. The molecule has 0 aliphatic carbocycles. The molecule has 0 spiro atoms. The highest BCUT2D eigenvalue weighted by Crippen LogP contribution is 2.23. The highest BCUT2D eigenvalue weighted by Gasteiger charge is 2.32. The van der Waals surface area contributed by atoms with E-state index in [1.54, 1.807) is 18.2 Å². The molecule has 7 nitrogen and oxygen atoms in total. The van der Waals surface area contributed by atoms with Crippen LogP contribution in [0.4, 0.5) is 5.69 Å². The summed E-state index contributed by atoms with van der Waals surface area (Å²) >= 11 is 9.56. The average Bonchev–Trinajstić information content (AvgIpc) is 2.84. The molecule has 3 aromatic rings. The lowest BCUT2D eigenvalue weighted by molar-refractivity contribution is -0.140. The molecule has 0 fully saturated rings. The van der Waals surface area contributed by atoms with Crippen LogP contribution in [0, 0.1) is 0 Å². The molecule has 10 heteroatoms. The summed E-state index contributed by atoms with van der Waals surface area (Å²) in [4.78, 5) is 28.6. The second-order valence-corrected chi connectivity index (χ2v) is 11.8. The van der Waals surface area contributed by atoms with Gasteiger partial charge in [0, 0.05) is 29.0 Å². The fourth-order valence-corrected chi connectivity index (χ4v) is 5.40. The Labute approximate surface area is 231 Å². The van der Waals surface area contributed by atoms with Gasteiger partial charge in [-0.05, 0) is 48.4 Å². The van der Waals surface area contributed by atoms with Crippen LogP contribution in [0.5, 0.6) is 0 Å². The maximum atomic E-state index is 13.9. The van der Waals surface area contributed by atoms with E-state index in [2.05, 4.69) is 21.2 Å². The van der Waals surface area contributed by atoms with E-state index < -0.39 is 28.5 Å². The van der Waals surface area contributed by atoms with Crippen LogP contribution in [0.3, 0.4) is 0 Å². The lowest BCUT2D eigenvalue weighted by Gasteiger charge is -2.33. The summed E-state index contributed by atoms with van der Waals surface area (Å²) in [5, 5.41) is 3.17. The summed E-state index contributed by atoms with van der Waals surface area (Å²) in [5.41, 5.74) is 1.93. The van der Waals surface area contributed by atoms with Crippen LogP contribution in [-0.4, -0.2) is 50.5 Å². The molecule has 0 heterocycles. The summed E-state index contributed by atoms with van der Waals surface area (Å²) in [7, 11) is -3.84. The minimum atomic E-state index is -3.84. The van der Waals surface area contributed by atoms with Crippen molar-refractivity contribution in [3.63, 3.8) is 0 Å². The van der Waals surface area contributed by atoms with E-state index in [0.717, 1.165) is 26.2 Å². The zero-order valence-electron chi connectivity index (χ0n) is 20.6. The number of carbonyl (C=O) groups excluding carboxylic acids is 2. The van der Waals surface area contributed by atoms with Gasteiger partial charge in [-0.1, -0.05) is 76.1 Å². The molecule has 0 radical (unpaired) electrons. The van der Waals surface area contributed by atoms with Crippen molar-refractivity contribution in [2.24, 2.45) is 0 Å². The SMILES string of the molecule is CCNC(=O)[C@@H](Cc1ccccc1)N(Cc1cccc(Br)c1)C(=O)CN(c1cccc(Cl)c1)S(C)(=O)=O. The third-order valence-corrected chi connectivity index (χ3v) is 7.51. The van der Waals surface area contributed by atoms with Crippen LogP contribution >= 0.6 is 27.5 Å². The monoisotopic (exact) mass is 605 g/mol. The lowest BCUT2D eigenvalue weighted by Crippen LogP contribution is -2.53. The van der Waals surface area contributed by atoms with Crippen molar-refractivity contribution in [1.82, 2.24) is 10.2 Å². The first-order chi connectivity index (χ1) is 17.6. The Balaban J connectivity index is 2.04. The lowest BCUT2D eigenvalue weighted by atomic mass is 10.0. The van der Waals surface area contributed by atoms with Gasteiger partial charge < -0.3 is 10.2 Å². The van der Waals surface area contributed by atoms with Crippen molar-refractivity contribution in [3.05, 3.63) is 99.5 Å². The Hall–Kier alpha value is -2.88. The van der Waals surface area contributed by atoms with Gasteiger partial charge in [-0.2, -0.15) is 0 Å². The Morgan fingerprint density at radius 3 is 2.27 bits per heavy atom. The number of likely N-dealkylation sites (N-methyl/N-ethyl adjacent to an activating group) is 1. The van der Waals surface area contributed by atoms with Crippen molar-refractivity contribution < 1.29 is 18.0 Å². The molecule has 0 saturated carbocycles. The first-order valence-electron chi connectivity index (χ1n) is 11.7. The number of rotatable bonds is 11. The van der Waals surface area contributed by atoms with Crippen molar-refractivity contribution >= 4 is 55.1 Å². The van der Waals surface area contributed by atoms with Gasteiger partial charge in [0.15, 0.2) is 0 Å². The summed E-state index contributed by atoms with van der Waals surface area (Å²) in [5.74, 6) is -0.832. The quantitative estimate of drug-likeness (QED) is 0.345. The fraction of sp³-hybridized carbons (Fsp3) is 0.259. The highest BCUT2D eigenvalue weighted by molar-refractivity contribution is 9.10. The molecular weight excluding hydrogens is 578 g/mol. The molecule has 37 heavy (non-hydrogen) atoms. The molecule has 3 aromatic carbocycles. The molecule has 1 N–H and O–H groups in total. The Bertz CT molecular complexity index is 1340. The number of anilines is 1. The average molecular weight is 607 g/mol. The van der Waals surface area contributed by atoms with Crippen LogP contribution in [-0.2, 0) is 32.6 Å².